The van der Waals surface area contributed by atoms with Gasteiger partial charge in [-0.2, -0.15) is 0 Å². The Labute approximate surface area is 172 Å². The molecule has 0 atom stereocenters. The lowest BCUT2D eigenvalue weighted by Gasteiger charge is -2.04. The minimum absolute atomic E-state index is 0.661. The Morgan fingerprint density at radius 3 is 2.24 bits per heavy atom. The van der Waals surface area contributed by atoms with Crippen LogP contribution < -0.4 is 0 Å². The van der Waals surface area contributed by atoms with E-state index >= 15 is 0 Å². The third kappa shape index (κ3) is 2.59. The first kappa shape index (κ1) is 16.5. The van der Waals surface area contributed by atoms with Gasteiger partial charge in [0, 0.05) is 25.7 Å². The van der Waals surface area contributed by atoms with Gasteiger partial charge in [-0.15, -0.1) is 11.3 Å². The van der Waals surface area contributed by atoms with Gasteiger partial charge in [0.2, 0.25) is 5.89 Å². The number of oxazole rings is 1. The van der Waals surface area contributed by atoms with E-state index in [1.807, 2.05) is 35.6 Å². The number of aryl methyl sites for hydroxylation is 1. The van der Waals surface area contributed by atoms with Crippen LogP contribution in [0, 0.1) is 6.92 Å². The number of hydrogen-bond acceptors (Lipinski definition) is 3. The molecule has 0 aliphatic rings. The molecular formula is C26H17NOS. The Hall–Kier alpha value is -3.43. The molecule has 2 heterocycles. The van der Waals surface area contributed by atoms with Crippen LogP contribution in [-0.2, 0) is 0 Å². The summed E-state index contributed by atoms with van der Waals surface area (Å²) < 4.78 is 8.63. The number of aromatic nitrogens is 1. The van der Waals surface area contributed by atoms with Gasteiger partial charge >= 0.3 is 0 Å². The maximum absolute atomic E-state index is 5.91. The van der Waals surface area contributed by atoms with Crippen LogP contribution in [0.5, 0.6) is 0 Å². The van der Waals surface area contributed by atoms with Crippen LogP contribution in [0.25, 0.3) is 53.9 Å². The number of hydrogen-bond donors (Lipinski definition) is 0. The maximum Gasteiger partial charge on any atom is 0.227 e. The third-order valence-electron chi connectivity index (χ3n) is 5.46. The van der Waals surface area contributed by atoms with E-state index in [2.05, 4.69) is 72.6 Å². The Kier molecular flexibility index (Phi) is 3.58. The Morgan fingerprint density at radius 2 is 1.41 bits per heavy atom. The minimum atomic E-state index is 0.661. The lowest BCUT2D eigenvalue weighted by molar-refractivity contribution is 0.620. The molecule has 3 heteroatoms. The lowest BCUT2D eigenvalue weighted by Crippen LogP contribution is -1.81. The normalized spacial score (nSPS) is 11.6. The molecule has 2 nitrogen and oxygen atoms in total. The quantitative estimate of drug-likeness (QED) is 0.300. The number of benzene rings is 4. The van der Waals surface area contributed by atoms with Crippen molar-refractivity contribution in [2.24, 2.45) is 0 Å². The molecule has 2 aromatic heterocycles. The van der Waals surface area contributed by atoms with Crippen LogP contribution in [0.2, 0.25) is 0 Å². The van der Waals surface area contributed by atoms with Crippen LogP contribution in [-0.4, -0.2) is 4.98 Å². The number of thiophene rings is 1. The number of nitrogens with zero attached hydrogens (tertiary/aromatic N) is 1. The fraction of sp³-hybridized carbons (Fsp3) is 0.0385. The van der Waals surface area contributed by atoms with Crippen LogP contribution >= 0.6 is 11.3 Å². The van der Waals surface area contributed by atoms with Gasteiger partial charge in [0.15, 0.2) is 5.58 Å². The SMILES string of the molecule is Cc1cccc2c1sc1c(-c3ccc(-c4nc5ccccc5o4)cc3)cccc12. The van der Waals surface area contributed by atoms with Crippen molar-refractivity contribution in [2.45, 2.75) is 6.92 Å². The van der Waals surface area contributed by atoms with E-state index in [0.29, 0.717) is 5.89 Å². The first-order valence-corrected chi connectivity index (χ1v) is 10.5. The van der Waals surface area contributed by atoms with Crippen molar-refractivity contribution < 1.29 is 4.42 Å². The predicted octanol–water partition coefficient (Wildman–Crippen LogP) is 7.84. The highest BCUT2D eigenvalue weighted by molar-refractivity contribution is 7.26. The Morgan fingerprint density at radius 1 is 0.690 bits per heavy atom. The maximum atomic E-state index is 5.91. The Balaban J connectivity index is 1.48. The molecule has 138 valence electrons. The molecule has 0 aliphatic heterocycles. The van der Waals surface area contributed by atoms with Crippen LogP contribution in [0.15, 0.2) is 89.3 Å². The highest BCUT2D eigenvalue weighted by Crippen LogP contribution is 2.41. The van der Waals surface area contributed by atoms with Crippen molar-refractivity contribution in [1.29, 1.82) is 0 Å². The van der Waals surface area contributed by atoms with E-state index in [0.717, 1.165) is 16.7 Å². The standard InChI is InChI=1S/C26H17NOS/c1-16-6-4-8-20-21-9-5-7-19(25(21)29-24(16)20)17-12-14-18(15-13-17)26-27-22-10-2-3-11-23(22)28-26/h2-15H,1H3. The van der Waals surface area contributed by atoms with Gasteiger partial charge in [0.1, 0.15) is 5.52 Å². The van der Waals surface area contributed by atoms with Gasteiger partial charge < -0.3 is 4.42 Å². The minimum Gasteiger partial charge on any atom is -0.436 e. The first-order valence-electron chi connectivity index (χ1n) is 9.65. The molecule has 0 aliphatic carbocycles. The van der Waals surface area contributed by atoms with Crippen LogP contribution in [0.4, 0.5) is 0 Å². The van der Waals surface area contributed by atoms with Gasteiger partial charge in [0.05, 0.1) is 0 Å². The smallest absolute Gasteiger partial charge is 0.227 e. The predicted molar refractivity (Wildman–Crippen MR) is 123 cm³/mol. The average molecular weight is 391 g/mol. The molecule has 0 saturated heterocycles. The molecule has 0 bridgehead atoms. The molecule has 0 unspecified atom stereocenters. The van der Waals surface area contributed by atoms with Crippen molar-refractivity contribution in [3.8, 4) is 22.6 Å². The summed E-state index contributed by atoms with van der Waals surface area (Å²) in [6, 6.07) is 29.5. The summed E-state index contributed by atoms with van der Waals surface area (Å²) in [5.74, 6) is 0.661. The van der Waals surface area contributed by atoms with Crippen molar-refractivity contribution >= 4 is 42.6 Å². The van der Waals surface area contributed by atoms with Gasteiger partial charge in [-0.05, 0) is 47.9 Å². The van der Waals surface area contributed by atoms with Gasteiger partial charge in [0.25, 0.3) is 0 Å². The summed E-state index contributed by atoms with van der Waals surface area (Å²) >= 11 is 1.88. The monoisotopic (exact) mass is 391 g/mol. The molecule has 0 spiro atoms. The summed E-state index contributed by atoms with van der Waals surface area (Å²) in [6.45, 7) is 2.19. The summed E-state index contributed by atoms with van der Waals surface area (Å²) in [6.07, 6.45) is 0. The van der Waals surface area contributed by atoms with Crippen LogP contribution in [0.3, 0.4) is 0 Å². The molecule has 0 fully saturated rings. The Bertz CT molecular complexity index is 1470. The topological polar surface area (TPSA) is 26.0 Å². The van der Waals surface area contributed by atoms with Crippen molar-refractivity contribution in [3.63, 3.8) is 0 Å². The molecule has 29 heavy (non-hydrogen) atoms. The zero-order valence-electron chi connectivity index (χ0n) is 15.8. The zero-order valence-corrected chi connectivity index (χ0v) is 16.7. The number of rotatable bonds is 2. The van der Waals surface area contributed by atoms with E-state index in [9.17, 15) is 0 Å². The van der Waals surface area contributed by atoms with Crippen molar-refractivity contribution in [2.75, 3.05) is 0 Å². The second-order valence-corrected chi connectivity index (χ2v) is 8.32. The highest BCUT2D eigenvalue weighted by Gasteiger charge is 2.12. The molecule has 0 amide bonds. The highest BCUT2D eigenvalue weighted by atomic mass is 32.1. The fourth-order valence-electron chi connectivity index (χ4n) is 3.98. The first-order chi connectivity index (χ1) is 14.3. The molecule has 4 aromatic carbocycles. The van der Waals surface area contributed by atoms with E-state index in [-0.39, 0.29) is 0 Å². The fourth-order valence-corrected chi connectivity index (χ4v) is 5.28. The van der Waals surface area contributed by atoms with Gasteiger partial charge in [-0.1, -0.05) is 60.7 Å². The van der Waals surface area contributed by atoms with E-state index in [4.69, 9.17) is 4.42 Å². The number of para-hydroxylation sites is 2. The number of fused-ring (bicyclic) bond motifs is 4. The third-order valence-corrected chi connectivity index (χ3v) is 6.85. The summed E-state index contributed by atoms with van der Waals surface area (Å²) in [7, 11) is 0. The molecule has 6 rings (SSSR count). The van der Waals surface area contributed by atoms with E-state index in [1.54, 1.807) is 0 Å². The molecule has 0 N–H and O–H groups in total. The molecular weight excluding hydrogens is 374 g/mol. The second-order valence-electron chi connectivity index (χ2n) is 7.30. The van der Waals surface area contributed by atoms with E-state index in [1.165, 1.54) is 36.9 Å². The van der Waals surface area contributed by atoms with Crippen molar-refractivity contribution in [1.82, 2.24) is 4.98 Å². The summed E-state index contributed by atoms with van der Waals surface area (Å²) in [4.78, 5) is 4.61. The van der Waals surface area contributed by atoms with Gasteiger partial charge in [-0.3, -0.25) is 0 Å². The van der Waals surface area contributed by atoms with Crippen molar-refractivity contribution in [3.05, 3.63) is 90.5 Å². The van der Waals surface area contributed by atoms with E-state index < -0.39 is 0 Å². The average Bonchev–Trinajstić information content (AvgIpc) is 3.36. The summed E-state index contributed by atoms with van der Waals surface area (Å²) in [5.41, 5.74) is 6.51. The summed E-state index contributed by atoms with van der Waals surface area (Å²) in [5, 5.41) is 2.67. The van der Waals surface area contributed by atoms with Gasteiger partial charge in [-0.25, -0.2) is 4.98 Å². The lowest BCUT2D eigenvalue weighted by atomic mass is 10.0. The van der Waals surface area contributed by atoms with Crippen LogP contribution in [0.1, 0.15) is 5.56 Å². The molecule has 6 aromatic rings. The molecule has 0 radical (unpaired) electrons. The second kappa shape index (κ2) is 6.29. The molecule has 0 saturated carbocycles. The largest absolute Gasteiger partial charge is 0.436 e. The zero-order chi connectivity index (χ0) is 19.4.